The number of aryl methyl sites for hydroxylation is 2. The molecule has 4 aromatic carbocycles. The Morgan fingerprint density at radius 3 is 1.40 bits per heavy atom. The molecule has 6 rings (SSSR count). The molecule has 0 saturated carbocycles. The van der Waals surface area contributed by atoms with E-state index in [9.17, 15) is 0 Å². The molecule has 0 amide bonds. The van der Waals surface area contributed by atoms with Crippen molar-refractivity contribution in [3.8, 4) is 0 Å². The molecule has 4 aromatic rings. The fourth-order valence-corrected chi connectivity index (χ4v) is 8.08. The molecule has 35 heavy (non-hydrogen) atoms. The molecule has 0 bridgehead atoms. The number of rotatable bonds is 2. The Bertz CT molecular complexity index is 1510. The largest absolute Gasteiger partial charge is 0.0646 e. The molecule has 0 saturated heterocycles. The van der Waals surface area contributed by atoms with Crippen LogP contribution in [0, 0.1) is 19.3 Å². The minimum absolute atomic E-state index is 0.0237. The maximum Gasteiger partial charge on any atom is 0.0181 e. The van der Waals surface area contributed by atoms with Crippen molar-refractivity contribution in [3.05, 3.63) is 102 Å². The maximum atomic E-state index is 3.69. The molecule has 0 radical (unpaired) electrons. The van der Waals surface area contributed by atoms with Gasteiger partial charge in [0, 0.05) is 20.8 Å². The van der Waals surface area contributed by atoms with E-state index in [0.29, 0.717) is 11.8 Å². The third-order valence-electron chi connectivity index (χ3n) is 8.65. The summed E-state index contributed by atoms with van der Waals surface area (Å²) in [5.41, 5.74) is 11.6. The minimum Gasteiger partial charge on any atom is -0.0646 e. The van der Waals surface area contributed by atoms with Crippen molar-refractivity contribution in [1.29, 1.82) is 0 Å². The van der Waals surface area contributed by atoms with Gasteiger partial charge in [-0.2, -0.15) is 0 Å². The second-order valence-corrected chi connectivity index (χ2v) is 13.0. The van der Waals surface area contributed by atoms with E-state index >= 15 is 0 Å². The summed E-state index contributed by atoms with van der Waals surface area (Å²) in [6.07, 6.45) is 4.91. The van der Waals surface area contributed by atoms with Crippen molar-refractivity contribution in [2.24, 2.45) is 5.41 Å². The van der Waals surface area contributed by atoms with Gasteiger partial charge in [0.2, 0.25) is 0 Å². The van der Waals surface area contributed by atoms with E-state index in [1.807, 2.05) is 0 Å². The van der Waals surface area contributed by atoms with Crippen LogP contribution in [-0.2, 0) is 0 Å². The van der Waals surface area contributed by atoms with Crippen molar-refractivity contribution in [2.75, 3.05) is 0 Å². The van der Waals surface area contributed by atoms with Crippen molar-refractivity contribution in [1.82, 2.24) is 0 Å². The van der Waals surface area contributed by atoms with Crippen LogP contribution in [0.5, 0.6) is 0 Å². The van der Waals surface area contributed by atoms with Gasteiger partial charge in [0.1, 0.15) is 0 Å². The second kappa shape index (κ2) is 7.92. The van der Waals surface area contributed by atoms with Gasteiger partial charge < -0.3 is 0 Å². The summed E-state index contributed by atoms with van der Waals surface area (Å²) >= 11 is 7.38. The standard InChI is InChI=1S/C33H30Br2/c1-17-11-27-19(3)25-9-7-23(34)13-21(25)15-29(27)31(17)33(5,6)32-18(2)12-28-20(4)26-10-8-24(35)14-22(26)16-30(28)32/h7-16,31-32H,1-6H3. The molecule has 0 aliphatic heterocycles. The van der Waals surface area contributed by atoms with Crippen LogP contribution >= 0.6 is 31.9 Å². The number of allylic oxidation sites excluding steroid dienone is 2. The highest BCUT2D eigenvalue weighted by molar-refractivity contribution is 9.10. The SMILES string of the molecule is CC1=Cc2c(cc3cc(Br)ccc3c2C)C1C(C)(C)C1C(C)=Cc2c1cc1cc(Br)ccc1c2C. The molecule has 2 heteroatoms. The second-order valence-electron chi connectivity index (χ2n) is 11.2. The summed E-state index contributed by atoms with van der Waals surface area (Å²) in [4.78, 5) is 0. The zero-order valence-electron chi connectivity index (χ0n) is 21.2. The molecule has 0 N–H and O–H groups in total. The summed E-state index contributed by atoms with van der Waals surface area (Å²) in [7, 11) is 0. The van der Waals surface area contributed by atoms with E-state index in [4.69, 9.17) is 0 Å². The summed E-state index contributed by atoms with van der Waals surface area (Å²) in [6.45, 7) is 14.2. The molecular weight excluding hydrogens is 556 g/mol. The zero-order valence-corrected chi connectivity index (χ0v) is 24.4. The smallest absolute Gasteiger partial charge is 0.0181 e. The first kappa shape index (κ1) is 23.3. The third-order valence-corrected chi connectivity index (χ3v) is 9.64. The normalized spacial score (nSPS) is 19.2. The number of benzene rings is 4. The fraction of sp³-hybridized carbons (Fsp3) is 0.273. The fourth-order valence-electron chi connectivity index (χ4n) is 7.32. The average molecular weight is 586 g/mol. The Labute approximate surface area is 225 Å². The van der Waals surface area contributed by atoms with Gasteiger partial charge in [0.25, 0.3) is 0 Å². The lowest BCUT2D eigenvalue weighted by atomic mass is 9.62. The molecule has 2 aliphatic carbocycles. The monoisotopic (exact) mass is 584 g/mol. The number of fused-ring (bicyclic) bond motifs is 4. The highest BCUT2D eigenvalue weighted by Crippen LogP contribution is 2.59. The van der Waals surface area contributed by atoms with E-state index in [-0.39, 0.29) is 5.41 Å². The number of hydrogen-bond acceptors (Lipinski definition) is 0. The van der Waals surface area contributed by atoms with Crippen LogP contribution in [0.25, 0.3) is 33.7 Å². The van der Waals surface area contributed by atoms with Crippen LogP contribution in [0.15, 0.2) is 68.6 Å². The molecule has 2 atom stereocenters. The van der Waals surface area contributed by atoms with Crippen LogP contribution < -0.4 is 0 Å². The van der Waals surface area contributed by atoms with Crippen LogP contribution in [0.4, 0.5) is 0 Å². The highest BCUT2D eigenvalue weighted by atomic mass is 79.9. The first-order valence-corrected chi connectivity index (χ1v) is 14.0. The average Bonchev–Trinajstić information content (AvgIpc) is 3.30. The molecule has 0 fully saturated rings. The van der Waals surface area contributed by atoms with Crippen LogP contribution in [0.3, 0.4) is 0 Å². The Morgan fingerprint density at radius 1 is 0.600 bits per heavy atom. The van der Waals surface area contributed by atoms with E-state index in [1.54, 1.807) is 0 Å². The summed E-state index contributed by atoms with van der Waals surface area (Å²) in [6, 6.07) is 18.3. The van der Waals surface area contributed by atoms with Crippen LogP contribution in [-0.4, -0.2) is 0 Å². The number of halogens is 2. The molecule has 2 aliphatic rings. The quantitative estimate of drug-likeness (QED) is 0.219. The van der Waals surface area contributed by atoms with E-state index < -0.39 is 0 Å². The Hall–Kier alpha value is -2.16. The summed E-state index contributed by atoms with van der Waals surface area (Å²) in [5.74, 6) is 0.745. The Kier molecular flexibility index (Phi) is 5.26. The lowest BCUT2D eigenvalue weighted by molar-refractivity contribution is 0.275. The van der Waals surface area contributed by atoms with Gasteiger partial charge in [-0.1, -0.05) is 81.1 Å². The van der Waals surface area contributed by atoms with Gasteiger partial charge in [-0.3, -0.25) is 0 Å². The van der Waals surface area contributed by atoms with Gasteiger partial charge in [0.05, 0.1) is 0 Å². The van der Waals surface area contributed by atoms with Crippen molar-refractivity contribution in [2.45, 2.75) is 53.4 Å². The lowest BCUT2D eigenvalue weighted by Gasteiger charge is -2.41. The molecular formula is C33H30Br2. The van der Waals surface area contributed by atoms with Crippen LogP contribution in [0.2, 0.25) is 0 Å². The van der Waals surface area contributed by atoms with E-state index in [2.05, 4.69) is 134 Å². The van der Waals surface area contributed by atoms with Crippen molar-refractivity contribution < 1.29 is 0 Å². The maximum absolute atomic E-state index is 3.69. The predicted octanol–water partition coefficient (Wildman–Crippen LogP) is 10.9. The molecule has 0 heterocycles. The highest BCUT2D eigenvalue weighted by Gasteiger charge is 2.45. The third kappa shape index (κ3) is 3.36. The number of hydrogen-bond donors (Lipinski definition) is 0. The summed E-state index contributed by atoms with van der Waals surface area (Å²) < 4.78 is 2.28. The first-order chi connectivity index (χ1) is 16.6. The Balaban J connectivity index is 1.55. The van der Waals surface area contributed by atoms with Gasteiger partial charge in [0.15, 0.2) is 0 Å². The molecule has 0 spiro atoms. The van der Waals surface area contributed by atoms with E-state index in [0.717, 1.165) is 8.95 Å². The molecule has 176 valence electrons. The topological polar surface area (TPSA) is 0 Å². The van der Waals surface area contributed by atoms with Crippen molar-refractivity contribution in [3.63, 3.8) is 0 Å². The van der Waals surface area contributed by atoms with Gasteiger partial charge in [-0.25, -0.2) is 0 Å². The van der Waals surface area contributed by atoms with Gasteiger partial charge in [-0.15, -0.1) is 0 Å². The Morgan fingerprint density at radius 2 is 1.00 bits per heavy atom. The van der Waals surface area contributed by atoms with Gasteiger partial charge >= 0.3 is 0 Å². The van der Waals surface area contributed by atoms with Gasteiger partial charge in [-0.05, 0) is 124 Å². The lowest BCUT2D eigenvalue weighted by Crippen LogP contribution is -2.30. The molecule has 2 unspecified atom stereocenters. The molecule has 0 nitrogen and oxygen atoms in total. The molecule has 0 aromatic heterocycles. The summed E-state index contributed by atoms with van der Waals surface area (Å²) in [5, 5.41) is 5.35. The van der Waals surface area contributed by atoms with Crippen molar-refractivity contribution >= 4 is 65.6 Å². The minimum atomic E-state index is 0.0237. The first-order valence-electron chi connectivity index (χ1n) is 12.4. The predicted molar refractivity (Wildman–Crippen MR) is 159 cm³/mol. The van der Waals surface area contributed by atoms with E-state index in [1.165, 1.54) is 66.1 Å². The van der Waals surface area contributed by atoms with Crippen LogP contribution in [0.1, 0.15) is 72.9 Å². The zero-order chi connectivity index (χ0) is 24.8.